The van der Waals surface area contributed by atoms with Gasteiger partial charge in [-0.05, 0) is 51.4 Å². The molecule has 0 bridgehead atoms. The fraction of sp³-hybridized carbons (Fsp3) is 0.296. The molecule has 1 saturated heterocycles. The van der Waals surface area contributed by atoms with Crippen molar-refractivity contribution in [1.29, 1.82) is 0 Å². The Bertz CT molecular complexity index is 1200. The number of rotatable bonds is 8. The van der Waals surface area contributed by atoms with E-state index in [0.717, 1.165) is 55.4 Å². The maximum Gasteiger partial charge on any atom is 0.173 e. The molecule has 0 saturated carbocycles. The lowest BCUT2D eigenvalue weighted by atomic mass is 10.0. The summed E-state index contributed by atoms with van der Waals surface area (Å²) in [6.07, 6.45) is 0. The average molecular weight is 473 g/mol. The number of halogens is 1. The molecule has 1 aliphatic rings. The minimum absolute atomic E-state index is 0.164. The van der Waals surface area contributed by atoms with Crippen molar-refractivity contribution >= 4 is 0 Å². The predicted octanol–water partition coefficient (Wildman–Crippen LogP) is 3.78. The van der Waals surface area contributed by atoms with E-state index in [4.69, 9.17) is 4.74 Å². The third-order valence-corrected chi connectivity index (χ3v) is 6.50. The van der Waals surface area contributed by atoms with Gasteiger partial charge in [0, 0.05) is 32.7 Å². The Balaban J connectivity index is 1.37. The molecule has 0 radical (unpaired) electrons. The summed E-state index contributed by atoms with van der Waals surface area (Å²) >= 11 is 0. The summed E-state index contributed by atoms with van der Waals surface area (Å²) in [6.45, 7) is 5.08. The molecule has 0 amide bonds. The second-order valence-corrected chi connectivity index (χ2v) is 8.79. The Morgan fingerprint density at radius 2 is 1.51 bits per heavy atom. The second kappa shape index (κ2) is 10.8. The van der Waals surface area contributed by atoms with Crippen LogP contribution >= 0.6 is 0 Å². The lowest BCUT2D eigenvalue weighted by Crippen LogP contribution is -2.48. The standard InChI is InChI=1S/C27H29FN6O/c1-35-25-13-7-22(8-14-25)20-34-27(29-30-31-34)26(23-9-11-24(28)12-10-23)33-17-15-32(16-18-33)19-21-5-3-2-4-6-21/h2-14,26H,15-20H2,1H3/t26-/m0/s1. The van der Waals surface area contributed by atoms with Crippen molar-refractivity contribution < 1.29 is 9.13 Å². The number of benzene rings is 3. The Labute approximate surface area is 204 Å². The summed E-state index contributed by atoms with van der Waals surface area (Å²) in [4.78, 5) is 4.86. The van der Waals surface area contributed by atoms with Crippen LogP contribution in [0.25, 0.3) is 0 Å². The van der Waals surface area contributed by atoms with Gasteiger partial charge in [-0.15, -0.1) is 5.10 Å². The smallest absolute Gasteiger partial charge is 0.173 e. The van der Waals surface area contributed by atoms with E-state index in [0.29, 0.717) is 6.54 Å². The molecule has 7 nitrogen and oxygen atoms in total. The third kappa shape index (κ3) is 5.55. The van der Waals surface area contributed by atoms with Gasteiger partial charge >= 0.3 is 0 Å². The summed E-state index contributed by atoms with van der Waals surface area (Å²) < 4.78 is 20.9. The fourth-order valence-electron chi connectivity index (χ4n) is 4.61. The van der Waals surface area contributed by atoms with Crippen LogP contribution in [0.15, 0.2) is 78.9 Å². The number of nitrogens with zero attached hydrogens (tertiary/aromatic N) is 6. The molecule has 8 heteroatoms. The maximum atomic E-state index is 13.7. The zero-order valence-corrected chi connectivity index (χ0v) is 19.8. The van der Waals surface area contributed by atoms with Crippen LogP contribution in [-0.2, 0) is 13.1 Å². The van der Waals surface area contributed by atoms with Crippen molar-refractivity contribution in [3.8, 4) is 5.75 Å². The molecule has 1 atom stereocenters. The topological polar surface area (TPSA) is 59.3 Å². The zero-order valence-electron chi connectivity index (χ0n) is 19.8. The van der Waals surface area contributed by atoms with Gasteiger partial charge in [0.25, 0.3) is 0 Å². The number of tetrazole rings is 1. The van der Waals surface area contributed by atoms with Crippen LogP contribution in [0.2, 0.25) is 0 Å². The lowest BCUT2D eigenvalue weighted by Gasteiger charge is -2.39. The molecular weight excluding hydrogens is 443 g/mol. The predicted molar refractivity (Wildman–Crippen MR) is 131 cm³/mol. The Hall–Kier alpha value is -3.62. The SMILES string of the molecule is COc1ccc(Cn2nnnc2[C@H](c2ccc(F)cc2)N2CCN(Cc3ccccc3)CC2)cc1. The largest absolute Gasteiger partial charge is 0.497 e. The van der Waals surface area contributed by atoms with E-state index < -0.39 is 0 Å². The normalized spacial score (nSPS) is 15.7. The summed E-state index contributed by atoms with van der Waals surface area (Å²) in [5.41, 5.74) is 3.37. The van der Waals surface area contributed by atoms with Gasteiger partial charge in [-0.3, -0.25) is 9.80 Å². The molecule has 4 aromatic rings. The van der Waals surface area contributed by atoms with Gasteiger partial charge < -0.3 is 4.74 Å². The summed E-state index contributed by atoms with van der Waals surface area (Å²) in [6, 6.07) is 25.0. The summed E-state index contributed by atoms with van der Waals surface area (Å²) in [5.74, 6) is 1.31. The first kappa shape index (κ1) is 23.1. The first-order chi connectivity index (χ1) is 17.2. The van der Waals surface area contributed by atoms with E-state index in [9.17, 15) is 4.39 Å². The van der Waals surface area contributed by atoms with Gasteiger partial charge in [0.2, 0.25) is 0 Å². The zero-order chi connectivity index (χ0) is 24.0. The molecule has 1 aromatic heterocycles. The van der Waals surface area contributed by atoms with Gasteiger partial charge in [-0.25, -0.2) is 9.07 Å². The van der Waals surface area contributed by atoms with Gasteiger partial charge in [0.15, 0.2) is 5.82 Å². The van der Waals surface area contributed by atoms with Crippen LogP contribution in [0.5, 0.6) is 5.75 Å². The van der Waals surface area contributed by atoms with Crippen molar-refractivity contribution in [2.45, 2.75) is 19.1 Å². The van der Waals surface area contributed by atoms with Gasteiger partial charge in [0.1, 0.15) is 11.6 Å². The molecule has 35 heavy (non-hydrogen) atoms. The molecule has 2 heterocycles. The van der Waals surface area contributed by atoms with Crippen LogP contribution in [-0.4, -0.2) is 63.3 Å². The molecule has 0 unspecified atom stereocenters. The first-order valence-corrected chi connectivity index (χ1v) is 11.8. The molecule has 0 N–H and O–H groups in total. The van der Waals surface area contributed by atoms with Crippen molar-refractivity contribution in [1.82, 2.24) is 30.0 Å². The van der Waals surface area contributed by atoms with Gasteiger partial charge in [-0.1, -0.05) is 54.6 Å². The number of aromatic nitrogens is 4. The van der Waals surface area contributed by atoms with Crippen LogP contribution in [0.3, 0.4) is 0 Å². The van der Waals surface area contributed by atoms with E-state index in [1.807, 2.05) is 47.1 Å². The fourth-order valence-corrected chi connectivity index (χ4v) is 4.61. The highest BCUT2D eigenvalue weighted by atomic mass is 19.1. The molecule has 5 rings (SSSR count). The number of ether oxygens (including phenoxy) is 1. The molecular formula is C27H29FN6O. The molecule has 1 aliphatic heterocycles. The van der Waals surface area contributed by atoms with Crippen LogP contribution in [0.1, 0.15) is 28.6 Å². The van der Waals surface area contributed by atoms with E-state index in [1.165, 1.54) is 17.7 Å². The van der Waals surface area contributed by atoms with Crippen molar-refractivity contribution in [3.05, 3.63) is 107 Å². The lowest BCUT2D eigenvalue weighted by molar-refractivity contribution is 0.100. The Kier molecular flexibility index (Phi) is 7.11. The highest BCUT2D eigenvalue weighted by Gasteiger charge is 2.30. The number of methoxy groups -OCH3 is 1. The molecule has 1 fully saturated rings. The minimum Gasteiger partial charge on any atom is -0.497 e. The quantitative estimate of drug-likeness (QED) is 0.389. The van der Waals surface area contributed by atoms with Crippen molar-refractivity contribution in [2.24, 2.45) is 0 Å². The minimum atomic E-state index is -0.252. The van der Waals surface area contributed by atoms with E-state index in [1.54, 1.807) is 7.11 Å². The maximum absolute atomic E-state index is 13.7. The average Bonchev–Trinajstić information content (AvgIpc) is 3.35. The number of hydrogen-bond donors (Lipinski definition) is 0. The van der Waals surface area contributed by atoms with Gasteiger partial charge in [0.05, 0.1) is 19.7 Å². The Morgan fingerprint density at radius 3 is 2.20 bits per heavy atom. The molecule has 3 aromatic carbocycles. The first-order valence-electron chi connectivity index (χ1n) is 11.8. The van der Waals surface area contributed by atoms with E-state index in [-0.39, 0.29) is 11.9 Å². The highest BCUT2D eigenvalue weighted by Crippen LogP contribution is 2.29. The van der Waals surface area contributed by atoms with E-state index >= 15 is 0 Å². The molecule has 180 valence electrons. The molecule has 0 aliphatic carbocycles. The van der Waals surface area contributed by atoms with Crippen LogP contribution < -0.4 is 4.74 Å². The summed E-state index contributed by atoms with van der Waals surface area (Å²) in [5, 5.41) is 12.7. The third-order valence-electron chi connectivity index (χ3n) is 6.50. The molecule has 0 spiro atoms. The summed E-state index contributed by atoms with van der Waals surface area (Å²) in [7, 11) is 1.65. The van der Waals surface area contributed by atoms with Crippen LogP contribution in [0, 0.1) is 5.82 Å². The van der Waals surface area contributed by atoms with Gasteiger partial charge in [-0.2, -0.15) is 0 Å². The van der Waals surface area contributed by atoms with E-state index in [2.05, 4.69) is 49.6 Å². The monoisotopic (exact) mass is 472 g/mol. The number of piperazine rings is 1. The van der Waals surface area contributed by atoms with Crippen molar-refractivity contribution in [3.63, 3.8) is 0 Å². The van der Waals surface area contributed by atoms with Crippen molar-refractivity contribution in [2.75, 3.05) is 33.3 Å². The Morgan fingerprint density at radius 1 is 0.829 bits per heavy atom. The second-order valence-electron chi connectivity index (χ2n) is 8.79. The van der Waals surface area contributed by atoms with Crippen LogP contribution in [0.4, 0.5) is 4.39 Å². The number of hydrogen-bond acceptors (Lipinski definition) is 6. The highest BCUT2D eigenvalue weighted by molar-refractivity contribution is 5.29.